The number of benzene rings is 2. The molecule has 0 aliphatic heterocycles. The molecule has 0 aliphatic carbocycles. The molecule has 106 valence electrons. The molecule has 1 aromatic heterocycles. The van der Waals surface area contributed by atoms with Crippen LogP contribution in [0.25, 0.3) is 22.3 Å². The number of hydrogen-bond donors (Lipinski definition) is 1. The fourth-order valence-corrected chi connectivity index (χ4v) is 2.46. The number of para-hydroxylation sites is 1. The SMILES string of the molecule is O=C(O)c1c(-c2cc(F)c(Br)cc2F)oc2ccccc12. The van der Waals surface area contributed by atoms with Crippen molar-refractivity contribution in [1.29, 1.82) is 0 Å². The van der Waals surface area contributed by atoms with E-state index in [1.165, 1.54) is 0 Å². The maximum atomic E-state index is 14.0. The van der Waals surface area contributed by atoms with Crippen LogP contribution in [0.3, 0.4) is 0 Å². The lowest BCUT2D eigenvalue weighted by atomic mass is 10.1. The van der Waals surface area contributed by atoms with Gasteiger partial charge >= 0.3 is 5.97 Å². The lowest BCUT2D eigenvalue weighted by molar-refractivity contribution is 0.0699. The molecule has 0 radical (unpaired) electrons. The number of rotatable bonds is 2. The number of carboxylic acids is 1. The third-order valence-corrected chi connectivity index (χ3v) is 3.67. The summed E-state index contributed by atoms with van der Waals surface area (Å²) in [6.45, 7) is 0. The van der Waals surface area contributed by atoms with Gasteiger partial charge in [-0.3, -0.25) is 0 Å². The van der Waals surface area contributed by atoms with E-state index in [1.807, 2.05) is 0 Å². The second-order valence-corrected chi connectivity index (χ2v) is 5.21. The molecular formula is C15H7BrF2O3. The van der Waals surface area contributed by atoms with Gasteiger partial charge in [0.1, 0.15) is 22.8 Å². The summed E-state index contributed by atoms with van der Waals surface area (Å²) in [7, 11) is 0. The molecule has 0 saturated carbocycles. The highest BCUT2D eigenvalue weighted by molar-refractivity contribution is 9.10. The molecule has 0 unspecified atom stereocenters. The van der Waals surface area contributed by atoms with Crippen molar-refractivity contribution >= 4 is 32.9 Å². The first-order valence-corrected chi connectivity index (χ1v) is 6.68. The van der Waals surface area contributed by atoms with Crippen molar-refractivity contribution in [2.24, 2.45) is 0 Å². The summed E-state index contributed by atoms with van der Waals surface area (Å²) in [6.07, 6.45) is 0. The van der Waals surface area contributed by atoms with E-state index in [1.54, 1.807) is 24.3 Å². The van der Waals surface area contributed by atoms with Crippen molar-refractivity contribution in [2.45, 2.75) is 0 Å². The Morgan fingerprint density at radius 3 is 2.57 bits per heavy atom. The van der Waals surface area contributed by atoms with E-state index in [-0.39, 0.29) is 21.4 Å². The molecule has 3 nitrogen and oxygen atoms in total. The standard InChI is InChI=1S/C15H7BrF2O3/c16-9-6-10(17)8(5-11(9)18)14-13(15(19)20)7-3-1-2-4-12(7)21-14/h1-6H,(H,19,20). The predicted molar refractivity (Wildman–Crippen MR) is 76.2 cm³/mol. The van der Waals surface area contributed by atoms with Crippen molar-refractivity contribution in [1.82, 2.24) is 0 Å². The Bertz CT molecular complexity index is 871. The van der Waals surface area contributed by atoms with Gasteiger partial charge in [-0.05, 0) is 34.1 Å². The molecule has 0 aliphatic rings. The van der Waals surface area contributed by atoms with Gasteiger partial charge in [0.25, 0.3) is 0 Å². The molecule has 0 atom stereocenters. The largest absolute Gasteiger partial charge is 0.478 e. The van der Waals surface area contributed by atoms with Gasteiger partial charge in [0, 0.05) is 5.39 Å². The number of carbonyl (C=O) groups is 1. The Kier molecular flexibility index (Phi) is 3.25. The van der Waals surface area contributed by atoms with Crippen LogP contribution in [-0.2, 0) is 0 Å². The minimum atomic E-state index is -1.27. The second-order valence-electron chi connectivity index (χ2n) is 4.35. The average Bonchev–Trinajstić information content (AvgIpc) is 2.82. The van der Waals surface area contributed by atoms with Crippen LogP contribution in [0.4, 0.5) is 8.78 Å². The Morgan fingerprint density at radius 1 is 1.14 bits per heavy atom. The van der Waals surface area contributed by atoms with E-state index in [9.17, 15) is 18.7 Å². The first kappa shape index (κ1) is 13.8. The monoisotopic (exact) mass is 352 g/mol. The molecule has 0 amide bonds. The Labute approximate surface area is 125 Å². The van der Waals surface area contributed by atoms with Crippen molar-refractivity contribution in [3.63, 3.8) is 0 Å². The van der Waals surface area contributed by atoms with E-state index >= 15 is 0 Å². The molecule has 6 heteroatoms. The third-order valence-electron chi connectivity index (χ3n) is 3.06. The molecule has 2 aromatic carbocycles. The van der Waals surface area contributed by atoms with Gasteiger partial charge < -0.3 is 9.52 Å². The Balaban J connectivity index is 2.37. The van der Waals surface area contributed by atoms with Crippen LogP contribution in [0.2, 0.25) is 0 Å². The van der Waals surface area contributed by atoms with Crippen molar-refractivity contribution < 1.29 is 23.1 Å². The van der Waals surface area contributed by atoms with Gasteiger partial charge in [-0.1, -0.05) is 18.2 Å². The van der Waals surface area contributed by atoms with Gasteiger partial charge in [-0.2, -0.15) is 0 Å². The summed E-state index contributed by atoms with van der Waals surface area (Å²) in [4.78, 5) is 11.4. The molecular weight excluding hydrogens is 346 g/mol. The fraction of sp³-hybridized carbons (Fsp3) is 0. The molecule has 3 aromatic rings. The Hall–Kier alpha value is -2.21. The van der Waals surface area contributed by atoms with Crippen LogP contribution >= 0.6 is 15.9 Å². The number of hydrogen-bond acceptors (Lipinski definition) is 2. The third kappa shape index (κ3) is 2.21. The van der Waals surface area contributed by atoms with Crippen LogP contribution in [0.15, 0.2) is 45.3 Å². The Morgan fingerprint density at radius 2 is 1.86 bits per heavy atom. The van der Waals surface area contributed by atoms with E-state index in [0.29, 0.717) is 11.0 Å². The molecule has 0 spiro atoms. The van der Waals surface area contributed by atoms with Crippen LogP contribution in [0, 0.1) is 11.6 Å². The van der Waals surface area contributed by atoms with Gasteiger partial charge in [0.05, 0.1) is 10.0 Å². The topological polar surface area (TPSA) is 50.4 Å². The average molecular weight is 353 g/mol. The molecule has 3 rings (SSSR count). The lowest BCUT2D eigenvalue weighted by Gasteiger charge is -2.03. The summed E-state index contributed by atoms with van der Waals surface area (Å²) in [5.41, 5.74) is -0.122. The van der Waals surface area contributed by atoms with E-state index in [2.05, 4.69) is 15.9 Å². The van der Waals surface area contributed by atoms with Crippen molar-refractivity contribution in [2.75, 3.05) is 0 Å². The molecule has 0 saturated heterocycles. The molecule has 1 N–H and O–H groups in total. The highest BCUT2D eigenvalue weighted by Gasteiger charge is 2.24. The van der Waals surface area contributed by atoms with E-state index in [4.69, 9.17) is 4.42 Å². The molecule has 0 bridgehead atoms. The first-order valence-electron chi connectivity index (χ1n) is 5.88. The van der Waals surface area contributed by atoms with Gasteiger partial charge in [0.2, 0.25) is 0 Å². The summed E-state index contributed by atoms with van der Waals surface area (Å²) in [5, 5.41) is 9.68. The molecule has 0 fully saturated rings. The minimum absolute atomic E-state index is 0.0447. The zero-order chi connectivity index (χ0) is 15.1. The summed E-state index contributed by atoms with van der Waals surface area (Å²) in [6, 6.07) is 8.27. The van der Waals surface area contributed by atoms with Crippen LogP contribution < -0.4 is 0 Å². The maximum Gasteiger partial charge on any atom is 0.340 e. The first-order chi connectivity index (χ1) is 9.99. The van der Waals surface area contributed by atoms with Crippen molar-refractivity contribution in [3.8, 4) is 11.3 Å². The number of halogens is 3. The summed E-state index contributed by atoms with van der Waals surface area (Å²) in [5.74, 6) is -2.95. The zero-order valence-electron chi connectivity index (χ0n) is 10.4. The van der Waals surface area contributed by atoms with Gasteiger partial charge in [-0.15, -0.1) is 0 Å². The van der Waals surface area contributed by atoms with Crippen LogP contribution in [0.1, 0.15) is 10.4 Å². The van der Waals surface area contributed by atoms with E-state index < -0.39 is 17.6 Å². The van der Waals surface area contributed by atoms with Crippen LogP contribution in [-0.4, -0.2) is 11.1 Å². The van der Waals surface area contributed by atoms with Gasteiger partial charge in [0.15, 0.2) is 5.76 Å². The van der Waals surface area contributed by atoms with Gasteiger partial charge in [-0.25, -0.2) is 13.6 Å². The maximum absolute atomic E-state index is 14.0. The smallest absolute Gasteiger partial charge is 0.340 e. The number of furan rings is 1. The normalized spacial score (nSPS) is 11.0. The summed E-state index contributed by atoms with van der Waals surface area (Å²) >= 11 is 2.87. The van der Waals surface area contributed by atoms with E-state index in [0.717, 1.165) is 12.1 Å². The van der Waals surface area contributed by atoms with Crippen molar-refractivity contribution in [3.05, 3.63) is 58.1 Å². The summed E-state index contributed by atoms with van der Waals surface area (Å²) < 4.78 is 33.0. The highest BCUT2D eigenvalue weighted by atomic mass is 79.9. The van der Waals surface area contributed by atoms with Crippen LogP contribution in [0.5, 0.6) is 0 Å². The molecule has 21 heavy (non-hydrogen) atoms. The number of carboxylic acid groups (broad SMARTS) is 1. The zero-order valence-corrected chi connectivity index (χ0v) is 11.9. The predicted octanol–water partition coefficient (Wildman–Crippen LogP) is 4.84. The quantitative estimate of drug-likeness (QED) is 0.671. The second kappa shape index (κ2) is 4.96. The minimum Gasteiger partial charge on any atom is -0.478 e. The fourth-order valence-electron chi connectivity index (χ4n) is 2.14. The molecule has 1 heterocycles. The lowest BCUT2D eigenvalue weighted by Crippen LogP contribution is -1.98. The number of aromatic carboxylic acids is 1. The number of fused-ring (bicyclic) bond motifs is 1. The highest BCUT2D eigenvalue weighted by Crippen LogP contribution is 2.36.